The third-order valence-electron chi connectivity index (χ3n) is 10.9. The van der Waals surface area contributed by atoms with Crippen LogP contribution in [0.2, 0.25) is 0 Å². The third-order valence-corrected chi connectivity index (χ3v) is 10.9. The average Bonchev–Trinajstić information content (AvgIpc) is 3.75. The monoisotopic (exact) mass is 667 g/mol. The molecule has 2 aromatic heterocycles. The Balaban J connectivity index is 1.06. The normalized spacial score (nSPS) is 12.4. The van der Waals surface area contributed by atoms with Gasteiger partial charge in [0.25, 0.3) is 0 Å². The van der Waals surface area contributed by atoms with Crippen LogP contribution in [0, 0.1) is 0 Å². The number of fused-ring (bicyclic) bond motifs is 7. The minimum Gasteiger partial charge on any atom is -0.456 e. The van der Waals surface area contributed by atoms with E-state index in [0.717, 1.165) is 30.4 Å². The van der Waals surface area contributed by atoms with E-state index in [1.54, 1.807) is 0 Å². The Bertz CT molecular complexity index is 2860. The van der Waals surface area contributed by atoms with Gasteiger partial charge in [0.15, 0.2) is 0 Å². The van der Waals surface area contributed by atoms with E-state index in [9.17, 15) is 0 Å². The average molecular weight is 668 g/mol. The Morgan fingerprint density at radius 2 is 1.19 bits per heavy atom. The van der Waals surface area contributed by atoms with Crippen molar-refractivity contribution in [1.29, 1.82) is 0 Å². The lowest BCUT2D eigenvalue weighted by Gasteiger charge is -2.19. The molecule has 0 spiro atoms. The summed E-state index contributed by atoms with van der Waals surface area (Å²) in [5, 5.41) is 7.42. The van der Waals surface area contributed by atoms with E-state index in [1.165, 1.54) is 76.9 Å². The smallest absolute Gasteiger partial charge is 0.139 e. The van der Waals surface area contributed by atoms with Crippen molar-refractivity contribution in [2.75, 3.05) is 0 Å². The van der Waals surface area contributed by atoms with Gasteiger partial charge in [0.1, 0.15) is 11.2 Å². The molecule has 0 fully saturated rings. The van der Waals surface area contributed by atoms with E-state index >= 15 is 0 Å². The predicted molar refractivity (Wildman–Crippen MR) is 219 cm³/mol. The summed E-state index contributed by atoms with van der Waals surface area (Å²) in [5.74, 6) is 0.179. The van der Waals surface area contributed by atoms with Crippen molar-refractivity contribution in [2.45, 2.75) is 25.2 Å². The molecule has 10 rings (SSSR count). The summed E-state index contributed by atoms with van der Waals surface area (Å²) >= 11 is 0. The summed E-state index contributed by atoms with van der Waals surface area (Å²) < 4.78 is 9.04. The minimum atomic E-state index is 0.179. The van der Waals surface area contributed by atoms with E-state index in [2.05, 4.69) is 187 Å². The molecule has 0 bridgehead atoms. The van der Waals surface area contributed by atoms with Gasteiger partial charge in [0.05, 0.1) is 11.0 Å². The van der Waals surface area contributed by atoms with Crippen LogP contribution in [-0.2, 0) is 6.42 Å². The number of aryl methyl sites for hydroxylation is 1. The summed E-state index contributed by atoms with van der Waals surface area (Å²) in [4.78, 5) is 0. The first-order valence-corrected chi connectivity index (χ1v) is 18.4. The first-order chi connectivity index (χ1) is 25.8. The standard InChI is InChI=1S/C50H37NO/c1-3-14-35(15-4-1)36-27-25-34(26-28-36)13-11-20-41(44-21-12-22-45-43-19-8-10-24-49(43)52-50(44)45)38-30-29-37-33-48-46(32-39(37)31-38)42-18-7-9-23-47(42)51(48)40-16-5-2-6-17-40/h1-10,12,14-19,21-33,41H,11,13,20H2/t41-/m1/s1. The second kappa shape index (κ2) is 12.7. The van der Waals surface area contributed by atoms with Gasteiger partial charge in [0.2, 0.25) is 0 Å². The highest BCUT2D eigenvalue weighted by Crippen LogP contribution is 2.41. The summed E-state index contributed by atoms with van der Waals surface area (Å²) in [6.07, 6.45) is 3.10. The Morgan fingerprint density at radius 1 is 0.481 bits per heavy atom. The molecule has 2 heteroatoms. The van der Waals surface area contributed by atoms with E-state index in [1.807, 2.05) is 0 Å². The highest BCUT2D eigenvalue weighted by molar-refractivity contribution is 6.13. The SMILES string of the molecule is c1ccc(-c2ccc(CCC[C@H](c3ccc4cc5c(cc4c3)c3ccccc3n5-c3ccccc3)c3cccc4c3oc3ccccc34)cc2)cc1. The Morgan fingerprint density at radius 3 is 2.04 bits per heavy atom. The zero-order chi connectivity index (χ0) is 34.4. The highest BCUT2D eigenvalue weighted by Gasteiger charge is 2.21. The molecule has 2 nitrogen and oxygen atoms in total. The van der Waals surface area contributed by atoms with Crippen LogP contribution < -0.4 is 0 Å². The Kier molecular flexibility index (Phi) is 7.46. The van der Waals surface area contributed by atoms with Gasteiger partial charge in [0, 0.05) is 38.7 Å². The number of hydrogen-bond acceptors (Lipinski definition) is 1. The van der Waals surface area contributed by atoms with E-state index in [4.69, 9.17) is 4.42 Å². The van der Waals surface area contributed by atoms with Crippen molar-refractivity contribution < 1.29 is 4.42 Å². The Labute approximate surface area is 303 Å². The Hall–Kier alpha value is -6.38. The molecule has 0 unspecified atom stereocenters. The molecular formula is C50H37NO. The van der Waals surface area contributed by atoms with Gasteiger partial charge in [-0.3, -0.25) is 0 Å². The van der Waals surface area contributed by atoms with Crippen molar-refractivity contribution in [3.63, 3.8) is 0 Å². The predicted octanol–water partition coefficient (Wildman–Crippen LogP) is 13.7. The van der Waals surface area contributed by atoms with Gasteiger partial charge >= 0.3 is 0 Å². The second-order valence-electron chi connectivity index (χ2n) is 14.0. The molecule has 0 saturated carbocycles. The van der Waals surface area contributed by atoms with Gasteiger partial charge in [-0.05, 0) is 88.7 Å². The molecule has 8 aromatic carbocycles. The number of hydrogen-bond donors (Lipinski definition) is 0. The summed E-state index contributed by atoms with van der Waals surface area (Å²) in [6, 6.07) is 66.2. The summed E-state index contributed by atoms with van der Waals surface area (Å²) in [5.41, 5.74) is 12.1. The van der Waals surface area contributed by atoms with Crippen molar-refractivity contribution >= 4 is 54.5 Å². The number of para-hydroxylation sites is 4. The van der Waals surface area contributed by atoms with E-state index in [0.29, 0.717) is 0 Å². The molecule has 0 radical (unpaired) electrons. The van der Waals surface area contributed by atoms with Crippen LogP contribution in [0.25, 0.3) is 71.3 Å². The number of benzene rings is 8. The van der Waals surface area contributed by atoms with Gasteiger partial charge in [-0.2, -0.15) is 0 Å². The topological polar surface area (TPSA) is 18.1 Å². The van der Waals surface area contributed by atoms with Gasteiger partial charge in [-0.1, -0.05) is 146 Å². The van der Waals surface area contributed by atoms with Crippen LogP contribution >= 0.6 is 0 Å². The molecule has 248 valence electrons. The molecule has 0 aliphatic heterocycles. The molecule has 2 heterocycles. The van der Waals surface area contributed by atoms with Crippen LogP contribution in [0.4, 0.5) is 0 Å². The summed E-state index contributed by atoms with van der Waals surface area (Å²) in [7, 11) is 0. The maximum absolute atomic E-state index is 6.64. The van der Waals surface area contributed by atoms with Crippen LogP contribution in [0.3, 0.4) is 0 Å². The van der Waals surface area contributed by atoms with Crippen molar-refractivity contribution in [2.24, 2.45) is 0 Å². The third kappa shape index (κ3) is 5.27. The second-order valence-corrected chi connectivity index (χ2v) is 14.0. The molecule has 10 aromatic rings. The van der Waals surface area contributed by atoms with Crippen molar-refractivity contribution in [3.8, 4) is 16.8 Å². The van der Waals surface area contributed by atoms with Crippen molar-refractivity contribution in [3.05, 3.63) is 199 Å². The molecule has 0 saturated heterocycles. The molecular weight excluding hydrogens is 631 g/mol. The number of furan rings is 1. The molecule has 0 N–H and O–H groups in total. The van der Waals surface area contributed by atoms with E-state index < -0.39 is 0 Å². The quantitative estimate of drug-likeness (QED) is 0.158. The fourth-order valence-electron chi connectivity index (χ4n) is 8.35. The summed E-state index contributed by atoms with van der Waals surface area (Å²) in [6.45, 7) is 0. The van der Waals surface area contributed by atoms with Gasteiger partial charge in [-0.15, -0.1) is 0 Å². The number of aromatic nitrogens is 1. The highest BCUT2D eigenvalue weighted by atomic mass is 16.3. The maximum Gasteiger partial charge on any atom is 0.139 e. The van der Waals surface area contributed by atoms with Gasteiger partial charge < -0.3 is 8.98 Å². The van der Waals surface area contributed by atoms with Crippen molar-refractivity contribution in [1.82, 2.24) is 4.57 Å². The fraction of sp³-hybridized carbons (Fsp3) is 0.0800. The minimum absolute atomic E-state index is 0.179. The van der Waals surface area contributed by atoms with Gasteiger partial charge in [-0.25, -0.2) is 0 Å². The van der Waals surface area contributed by atoms with E-state index in [-0.39, 0.29) is 5.92 Å². The zero-order valence-corrected chi connectivity index (χ0v) is 28.9. The fourth-order valence-corrected chi connectivity index (χ4v) is 8.35. The molecule has 1 atom stereocenters. The van der Waals surface area contributed by atoms with Crippen LogP contribution in [0.15, 0.2) is 186 Å². The lowest BCUT2D eigenvalue weighted by atomic mass is 9.84. The zero-order valence-electron chi connectivity index (χ0n) is 28.9. The molecule has 52 heavy (non-hydrogen) atoms. The van der Waals surface area contributed by atoms with Crippen LogP contribution in [0.1, 0.15) is 35.4 Å². The first-order valence-electron chi connectivity index (χ1n) is 18.4. The number of rotatable bonds is 8. The lowest BCUT2D eigenvalue weighted by Crippen LogP contribution is -2.03. The largest absolute Gasteiger partial charge is 0.456 e. The first kappa shape index (κ1) is 30.4. The number of nitrogens with zero attached hydrogens (tertiary/aromatic N) is 1. The van der Waals surface area contributed by atoms with Crippen LogP contribution in [0.5, 0.6) is 0 Å². The molecule has 0 aliphatic carbocycles. The maximum atomic E-state index is 6.64. The molecule has 0 aliphatic rings. The van der Waals surface area contributed by atoms with Crippen LogP contribution in [-0.4, -0.2) is 4.57 Å². The molecule has 0 amide bonds. The lowest BCUT2D eigenvalue weighted by molar-refractivity contribution is 0.630.